The quantitative estimate of drug-likeness (QED) is 0.262. The molecule has 9 heteroatoms. The zero-order chi connectivity index (χ0) is 21.2. The highest BCUT2D eigenvalue weighted by Gasteiger charge is 2.12. The van der Waals surface area contributed by atoms with Gasteiger partial charge in [-0.1, -0.05) is 23.7 Å². The number of nitrogens with one attached hydrogen (secondary N) is 2. The van der Waals surface area contributed by atoms with E-state index in [2.05, 4.69) is 10.6 Å². The van der Waals surface area contributed by atoms with Crippen molar-refractivity contribution in [3.8, 4) is 11.5 Å². The van der Waals surface area contributed by atoms with Crippen LogP contribution < -0.4 is 20.1 Å². The molecule has 2 aromatic rings. The largest absolute Gasteiger partial charge is 0.493 e. The number of nitro benzene ring substituents is 1. The van der Waals surface area contributed by atoms with Crippen molar-refractivity contribution in [3.63, 3.8) is 0 Å². The molecule has 1 amide bonds. The summed E-state index contributed by atoms with van der Waals surface area (Å²) >= 11 is 6.21. The van der Waals surface area contributed by atoms with Gasteiger partial charge in [-0.3, -0.25) is 14.9 Å². The molecule has 0 aromatic heterocycles. The number of para-hydroxylation sites is 2. The summed E-state index contributed by atoms with van der Waals surface area (Å²) in [5.41, 5.74) is 1.07. The monoisotopic (exact) mass is 419 g/mol. The summed E-state index contributed by atoms with van der Waals surface area (Å²) in [6, 6.07) is 9.72. The fourth-order valence-electron chi connectivity index (χ4n) is 2.52. The van der Waals surface area contributed by atoms with E-state index in [9.17, 15) is 14.9 Å². The standard InChI is InChI=1S/C20H22ClN3O5/c1-3-29-20-15(21)12-14(13-18(20)28-2)8-9-19(25)23-11-10-22-16-6-4-5-7-17(16)24(26)27/h4-9,12-13,22H,3,10-11H2,1-2H3,(H,23,25). The number of anilines is 1. The molecule has 0 aliphatic carbocycles. The van der Waals surface area contributed by atoms with Gasteiger partial charge in [0, 0.05) is 25.2 Å². The lowest BCUT2D eigenvalue weighted by Gasteiger charge is -2.11. The predicted molar refractivity (Wildman–Crippen MR) is 113 cm³/mol. The van der Waals surface area contributed by atoms with Crippen LogP contribution in [0.4, 0.5) is 11.4 Å². The number of nitro groups is 1. The van der Waals surface area contributed by atoms with Gasteiger partial charge in [-0.15, -0.1) is 0 Å². The first-order valence-electron chi connectivity index (χ1n) is 8.89. The maximum atomic E-state index is 12.0. The molecule has 29 heavy (non-hydrogen) atoms. The lowest BCUT2D eigenvalue weighted by Crippen LogP contribution is -2.27. The minimum atomic E-state index is -0.458. The molecule has 0 fully saturated rings. The maximum absolute atomic E-state index is 12.0. The van der Waals surface area contributed by atoms with Gasteiger partial charge in [0.1, 0.15) is 5.69 Å². The van der Waals surface area contributed by atoms with Crippen LogP contribution in [0.3, 0.4) is 0 Å². The van der Waals surface area contributed by atoms with E-state index >= 15 is 0 Å². The molecule has 0 bridgehead atoms. The first-order valence-corrected chi connectivity index (χ1v) is 9.27. The van der Waals surface area contributed by atoms with E-state index in [0.717, 1.165) is 0 Å². The van der Waals surface area contributed by atoms with Gasteiger partial charge < -0.3 is 20.1 Å². The second-order valence-corrected chi connectivity index (χ2v) is 6.20. The van der Waals surface area contributed by atoms with Gasteiger partial charge in [-0.05, 0) is 36.8 Å². The molecule has 2 rings (SSSR count). The summed E-state index contributed by atoms with van der Waals surface area (Å²) in [6.45, 7) is 2.93. The van der Waals surface area contributed by atoms with Crippen LogP contribution in [-0.2, 0) is 4.79 Å². The number of amides is 1. The van der Waals surface area contributed by atoms with Gasteiger partial charge in [0.2, 0.25) is 5.91 Å². The molecule has 0 aliphatic rings. The molecular formula is C20H22ClN3O5. The Hall–Kier alpha value is -3.26. The molecule has 0 atom stereocenters. The molecule has 2 aromatic carbocycles. The highest BCUT2D eigenvalue weighted by atomic mass is 35.5. The number of carbonyl (C=O) groups is 1. The van der Waals surface area contributed by atoms with Crippen LogP contribution in [0.1, 0.15) is 12.5 Å². The van der Waals surface area contributed by atoms with Crippen molar-refractivity contribution in [2.75, 3.05) is 32.1 Å². The zero-order valence-corrected chi connectivity index (χ0v) is 16.9. The summed E-state index contributed by atoms with van der Waals surface area (Å²) < 4.78 is 10.7. The van der Waals surface area contributed by atoms with E-state index in [-0.39, 0.29) is 11.6 Å². The summed E-state index contributed by atoms with van der Waals surface area (Å²) in [6.07, 6.45) is 2.98. The SMILES string of the molecule is CCOc1c(Cl)cc(C=CC(=O)NCCNc2ccccc2[N+](=O)[O-])cc1OC. The second kappa shape index (κ2) is 10.9. The topological polar surface area (TPSA) is 103 Å². The fourth-order valence-corrected chi connectivity index (χ4v) is 2.79. The molecule has 0 unspecified atom stereocenters. The Kier molecular flexibility index (Phi) is 8.29. The Morgan fingerprint density at radius 3 is 2.72 bits per heavy atom. The van der Waals surface area contributed by atoms with Gasteiger partial charge >= 0.3 is 0 Å². The molecule has 0 aliphatic heterocycles. The van der Waals surface area contributed by atoms with Crippen molar-refractivity contribution in [1.82, 2.24) is 5.32 Å². The number of nitrogens with zero attached hydrogens (tertiary/aromatic N) is 1. The molecule has 2 N–H and O–H groups in total. The van der Waals surface area contributed by atoms with Gasteiger partial charge in [-0.2, -0.15) is 0 Å². The molecular weight excluding hydrogens is 398 g/mol. The Bertz CT molecular complexity index is 902. The average Bonchev–Trinajstić information content (AvgIpc) is 2.71. The van der Waals surface area contributed by atoms with E-state index < -0.39 is 4.92 Å². The smallest absolute Gasteiger partial charge is 0.292 e. The number of hydrogen-bond acceptors (Lipinski definition) is 6. The van der Waals surface area contributed by atoms with E-state index in [1.807, 2.05) is 6.92 Å². The number of benzene rings is 2. The Balaban J connectivity index is 1.89. The Morgan fingerprint density at radius 2 is 2.03 bits per heavy atom. The van der Waals surface area contributed by atoms with Crippen LogP contribution >= 0.6 is 11.6 Å². The van der Waals surface area contributed by atoms with E-state index in [1.54, 1.807) is 36.4 Å². The third kappa shape index (κ3) is 6.39. The predicted octanol–water partition coefficient (Wildman–Crippen LogP) is 3.90. The number of carbonyl (C=O) groups excluding carboxylic acids is 1. The van der Waals surface area contributed by atoms with Crippen LogP contribution in [-0.4, -0.2) is 37.6 Å². The maximum Gasteiger partial charge on any atom is 0.292 e. The van der Waals surface area contributed by atoms with Crippen LogP contribution in [0.25, 0.3) is 6.08 Å². The molecule has 0 spiro atoms. The Morgan fingerprint density at radius 1 is 1.28 bits per heavy atom. The number of halogens is 1. The minimum absolute atomic E-state index is 0.0138. The molecule has 0 saturated carbocycles. The third-order valence-electron chi connectivity index (χ3n) is 3.81. The second-order valence-electron chi connectivity index (χ2n) is 5.79. The summed E-state index contributed by atoms with van der Waals surface area (Å²) in [7, 11) is 1.51. The van der Waals surface area contributed by atoms with Gasteiger partial charge in [0.05, 0.1) is 23.7 Å². The Labute approximate surface area is 173 Å². The highest BCUT2D eigenvalue weighted by molar-refractivity contribution is 6.32. The number of rotatable bonds is 10. The van der Waals surface area contributed by atoms with Crippen LogP contribution in [0.5, 0.6) is 11.5 Å². The van der Waals surface area contributed by atoms with E-state index in [4.69, 9.17) is 21.1 Å². The molecule has 0 radical (unpaired) electrons. The molecule has 8 nitrogen and oxygen atoms in total. The molecule has 0 heterocycles. The minimum Gasteiger partial charge on any atom is -0.493 e. The van der Waals surface area contributed by atoms with E-state index in [0.29, 0.717) is 47.5 Å². The van der Waals surface area contributed by atoms with Gasteiger partial charge in [-0.25, -0.2) is 0 Å². The van der Waals surface area contributed by atoms with Crippen LogP contribution in [0.2, 0.25) is 5.02 Å². The summed E-state index contributed by atoms with van der Waals surface area (Å²) in [5, 5.41) is 17.0. The van der Waals surface area contributed by atoms with Crippen molar-refractivity contribution in [1.29, 1.82) is 0 Å². The van der Waals surface area contributed by atoms with Crippen LogP contribution in [0.15, 0.2) is 42.5 Å². The van der Waals surface area contributed by atoms with Crippen molar-refractivity contribution in [2.24, 2.45) is 0 Å². The number of ether oxygens (including phenoxy) is 2. The first-order chi connectivity index (χ1) is 14.0. The summed E-state index contributed by atoms with van der Waals surface area (Å²) in [5.74, 6) is 0.630. The van der Waals surface area contributed by atoms with Gasteiger partial charge in [0.15, 0.2) is 11.5 Å². The molecule has 154 valence electrons. The van der Waals surface area contributed by atoms with Crippen molar-refractivity contribution < 1.29 is 19.2 Å². The van der Waals surface area contributed by atoms with Crippen molar-refractivity contribution in [3.05, 3.63) is 63.2 Å². The number of hydrogen-bond donors (Lipinski definition) is 2. The number of methoxy groups -OCH3 is 1. The lowest BCUT2D eigenvalue weighted by molar-refractivity contribution is -0.384. The van der Waals surface area contributed by atoms with Crippen molar-refractivity contribution >= 4 is 35.0 Å². The third-order valence-corrected chi connectivity index (χ3v) is 4.09. The lowest BCUT2D eigenvalue weighted by atomic mass is 10.2. The average molecular weight is 420 g/mol. The fraction of sp³-hybridized carbons (Fsp3) is 0.250. The van der Waals surface area contributed by atoms with Gasteiger partial charge in [0.25, 0.3) is 5.69 Å². The highest BCUT2D eigenvalue weighted by Crippen LogP contribution is 2.36. The van der Waals surface area contributed by atoms with Crippen LogP contribution in [0, 0.1) is 10.1 Å². The summed E-state index contributed by atoms with van der Waals surface area (Å²) in [4.78, 5) is 22.5. The van der Waals surface area contributed by atoms with Crippen molar-refractivity contribution in [2.45, 2.75) is 6.92 Å². The normalized spacial score (nSPS) is 10.6. The first kappa shape index (κ1) is 22.0. The zero-order valence-electron chi connectivity index (χ0n) is 16.1. The molecule has 0 saturated heterocycles. The van der Waals surface area contributed by atoms with E-state index in [1.165, 1.54) is 19.3 Å².